The van der Waals surface area contributed by atoms with Crippen LogP contribution >= 0.6 is 0 Å². The van der Waals surface area contributed by atoms with E-state index < -0.39 is 0 Å². The van der Waals surface area contributed by atoms with Crippen molar-refractivity contribution in [3.8, 4) is 11.5 Å². The number of ether oxygens (including phenoxy) is 2. The number of rotatable bonds is 7. The monoisotopic (exact) mass is 235 g/mol. The second-order valence-corrected chi connectivity index (χ2v) is 3.37. The van der Waals surface area contributed by atoms with E-state index in [0.29, 0.717) is 18.0 Å². The summed E-state index contributed by atoms with van der Waals surface area (Å²) >= 11 is 0. The van der Waals surface area contributed by atoms with Crippen molar-refractivity contribution in [1.29, 1.82) is 0 Å². The van der Waals surface area contributed by atoms with Crippen LogP contribution in [0.15, 0.2) is 36.9 Å². The Labute approximate surface area is 101 Å². The Kier molecular flexibility index (Phi) is 5.64. The van der Waals surface area contributed by atoms with Crippen LogP contribution in [0, 0.1) is 0 Å². The Morgan fingerprint density at radius 1 is 1.41 bits per heavy atom. The lowest BCUT2D eigenvalue weighted by Gasteiger charge is -2.10. The number of carbonyl (C=O) groups excluding carboxylic acids is 1. The summed E-state index contributed by atoms with van der Waals surface area (Å²) in [5.41, 5.74) is 0. The molecule has 1 aromatic carbocycles. The lowest BCUT2D eigenvalue weighted by Crippen LogP contribution is -2.29. The summed E-state index contributed by atoms with van der Waals surface area (Å²) in [6.45, 7) is 4.14. The van der Waals surface area contributed by atoms with Crippen molar-refractivity contribution in [2.24, 2.45) is 0 Å². The summed E-state index contributed by atoms with van der Waals surface area (Å²) in [6, 6.07) is 7.21. The molecule has 0 atom stereocenters. The molecular weight excluding hydrogens is 218 g/mol. The zero-order valence-corrected chi connectivity index (χ0v) is 9.94. The first-order chi connectivity index (χ1) is 8.27. The highest BCUT2D eigenvalue weighted by atomic mass is 16.5. The summed E-state index contributed by atoms with van der Waals surface area (Å²) in [6.07, 6.45) is 2.50. The third-order valence-corrected chi connectivity index (χ3v) is 2.10. The van der Waals surface area contributed by atoms with E-state index in [-0.39, 0.29) is 12.5 Å². The summed E-state index contributed by atoms with van der Waals surface area (Å²) < 4.78 is 10.5. The minimum atomic E-state index is -0.155. The molecule has 4 heteroatoms. The van der Waals surface area contributed by atoms with Crippen LogP contribution in [0.4, 0.5) is 0 Å². The quantitative estimate of drug-likeness (QED) is 0.578. The van der Waals surface area contributed by atoms with Gasteiger partial charge in [0.25, 0.3) is 5.91 Å². The van der Waals surface area contributed by atoms with Crippen molar-refractivity contribution in [2.45, 2.75) is 6.42 Å². The molecular formula is C13H17NO3. The Morgan fingerprint density at radius 3 is 2.76 bits per heavy atom. The van der Waals surface area contributed by atoms with Crippen LogP contribution in [0.3, 0.4) is 0 Å². The molecule has 0 heterocycles. The fourth-order valence-corrected chi connectivity index (χ4v) is 1.25. The normalized spacial score (nSPS) is 9.47. The van der Waals surface area contributed by atoms with Crippen molar-refractivity contribution in [3.05, 3.63) is 36.9 Å². The van der Waals surface area contributed by atoms with Crippen LogP contribution in [-0.4, -0.2) is 26.2 Å². The molecule has 0 saturated heterocycles. The molecule has 0 fully saturated rings. The number of hydrogen-bond donors (Lipinski definition) is 1. The third kappa shape index (κ3) is 4.59. The molecule has 1 N–H and O–H groups in total. The van der Waals surface area contributed by atoms with E-state index in [1.807, 2.05) is 12.1 Å². The average molecular weight is 235 g/mol. The highest BCUT2D eigenvalue weighted by molar-refractivity contribution is 5.77. The van der Waals surface area contributed by atoms with Gasteiger partial charge in [0, 0.05) is 6.54 Å². The summed E-state index contributed by atoms with van der Waals surface area (Å²) in [5.74, 6) is 1.03. The van der Waals surface area contributed by atoms with Gasteiger partial charge in [-0.15, -0.1) is 6.58 Å². The molecule has 0 saturated carbocycles. The highest BCUT2D eigenvalue weighted by Gasteiger charge is 2.05. The number of nitrogens with one attached hydrogen (secondary N) is 1. The van der Waals surface area contributed by atoms with Crippen molar-refractivity contribution in [1.82, 2.24) is 5.32 Å². The SMILES string of the molecule is C=CCCNC(=O)COc1ccccc1OC. The maximum Gasteiger partial charge on any atom is 0.257 e. The van der Waals surface area contributed by atoms with Crippen LogP contribution in [0.1, 0.15) is 6.42 Å². The molecule has 17 heavy (non-hydrogen) atoms. The fraction of sp³-hybridized carbons (Fsp3) is 0.308. The average Bonchev–Trinajstić information content (AvgIpc) is 2.37. The molecule has 0 aliphatic heterocycles. The van der Waals surface area contributed by atoms with Crippen LogP contribution in [0.2, 0.25) is 0 Å². The number of hydrogen-bond acceptors (Lipinski definition) is 3. The van der Waals surface area contributed by atoms with E-state index >= 15 is 0 Å². The van der Waals surface area contributed by atoms with E-state index in [1.165, 1.54) is 0 Å². The Hall–Kier alpha value is -1.97. The van der Waals surface area contributed by atoms with E-state index in [2.05, 4.69) is 11.9 Å². The van der Waals surface area contributed by atoms with Gasteiger partial charge >= 0.3 is 0 Å². The maximum atomic E-state index is 11.4. The van der Waals surface area contributed by atoms with Gasteiger partial charge in [0.15, 0.2) is 18.1 Å². The second-order valence-electron chi connectivity index (χ2n) is 3.37. The summed E-state index contributed by atoms with van der Waals surface area (Å²) in [4.78, 5) is 11.4. The van der Waals surface area contributed by atoms with Crippen LogP contribution in [0.5, 0.6) is 11.5 Å². The number of benzene rings is 1. The first-order valence-electron chi connectivity index (χ1n) is 5.41. The maximum absolute atomic E-state index is 11.4. The standard InChI is InChI=1S/C13H17NO3/c1-3-4-9-14-13(15)10-17-12-8-6-5-7-11(12)16-2/h3,5-8H,1,4,9-10H2,2H3,(H,14,15). The molecule has 0 unspecified atom stereocenters. The lowest BCUT2D eigenvalue weighted by molar-refractivity contribution is -0.123. The first kappa shape index (κ1) is 13.1. The highest BCUT2D eigenvalue weighted by Crippen LogP contribution is 2.25. The smallest absolute Gasteiger partial charge is 0.257 e. The van der Waals surface area contributed by atoms with E-state index in [0.717, 1.165) is 6.42 Å². The van der Waals surface area contributed by atoms with E-state index in [4.69, 9.17) is 9.47 Å². The zero-order chi connectivity index (χ0) is 12.5. The van der Waals surface area contributed by atoms with Gasteiger partial charge in [-0.2, -0.15) is 0 Å². The predicted octanol–water partition coefficient (Wildman–Crippen LogP) is 1.77. The minimum Gasteiger partial charge on any atom is -0.493 e. The van der Waals surface area contributed by atoms with Gasteiger partial charge in [-0.3, -0.25) is 4.79 Å². The minimum absolute atomic E-state index is 0.0164. The second kappa shape index (κ2) is 7.33. The number of carbonyl (C=O) groups is 1. The molecule has 0 aromatic heterocycles. The van der Waals surface area contributed by atoms with Crippen LogP contribution in [-0.2, 0) is 4.79 Å². The van der Waals surface area contributed by atoms with Gasteiger partial charge in [-0.25, -0.2) is 0 Å². The zero-order valence-electron chi connectivity index (χ0n) is 9.94. The molecule has 0 aliphatic rings. The van der Waals surface area contributed by atoms with Crippen LogP contribution < -0.4 is 14.8 Å². The predicted molar refractivity (Wildman–Crippen MR) is 66.3 cm³/mol. The number of para-hydroxylation sites is 2. The van der Waals surface area contributed by atoms with Gasteiger partial charge in [0.05, 0.1) is 7.11 Å². The van der Waals surface area contributed by atoms with Gasteiger partial charge < -0.3 is 14.8 Å². The topological polar surface area (TPSA) is 47.6 Å². The number of methoxy groups -OCH3 is 1. The molecule has 0 bridgehead atoms. The van der Waals surface area contributed by atoms with E-state index in [9.17, 15) is 4.79 Å². The van der Waals surface area contributed by atoms with E-state index in [1.54, 1.807) is 25.3 Å². The fourth-order valence-electron chi connectivity index (χ4n) is 1.25. The third-order valence-electron chi connectivity index (χ3n) is 2.10. The van der Waals surface area contributed by atoms with Gasteiger partial charge in [-0.05, 0) is 18.6 Å². The Balaban J connectivity index is 2.39. The molecule has 92 valence electrons. The molecule has 1 aromatic rings. The number of amides is 1. The largest absolute Gasteiger partial charge is 0.493 e. The molecule has 0 spiro atoms. The summed E-state index contributed by atoms with van der Waals surface area (Å²) in [5, 5.41) is 2.72. The summed E-state index contributed by atoms with van der Waals surface area (Å²) in [7, 11) is 1.56. The van der Waals surface area contributed by atoms with Crippen LogP contribution in [0.25, 0.3) is 0 Å². The van der Waals surface area contributed by atoms with Gasteiger partial charge in [0.2, 0.25) is 0 Å². The van der Waals surface area contributed by atoms with Gasteiger partial charge in [0.1, 0.15) is 0 Å². The van der Waals surface area contributed by atoms with Crippen molar-refractivity contribution >= 4 is 5.91 Å². The lowest BCUT2D eigenvalue weighted by atomic mass is 10.3. The molecule has 1 amide bonds. The first-order valence-corrected chi connectivity index (χ1v) is 5.41. The van der Waals surface area contributed by atoms with Crippen molar-refractivity contribution < 1.29 is 14.3 Å². The molecule has 1 rings (SSSR count). The molecule has 4 nitrogen and oxygen atoms in total. The van der Waals surface area contributed by atoms with Crippen molar-refractivity contribution in [2.75, 3.05) is 20.3 Å². The molecule has 0 radical (unpaired) electrons. The Bertz CT molecular complexity index is 377. The Morgan fingerprint density at radius 2 is 2.12 bits per heavy atom. The van der Waals surface area contributed by atoms with Crippen molar-refractivity contribution in [3.63, 3.8) is 0 Å². The van der Waals surface area contributed by atoms with Gasteiger partial charge in [-0.1, -0.05) is 18.2 Å². The molecule has 0 aliphatic carbocycles.